The molecule has 0 saturated carbocycles. The van der Waals surface area contributed by atoms with Crippen molar-refractivity contribution >= 4 is 28.1 Å². The van der Waals surface area contributed by atoms with Crippen molar-refractivity contribution in [3.8, 4) is 11.3 Å². The molecule has 2 aromatic heterocycles. The van der Waals surface area contributed by atoms with Crippen molar-refractivity contribution in [2.45, 2.75) is 33.2 Å². The van der Waals surface area contributed by atoms with E-state index in [0.717, 1.165) is 39.1 Å². The van der Waals surface area contributed by atoms with Gasteiger partial charge in [0.25, 0.3) is 0 Å². The van der Waals surface area contributed by atoms with Gasteiger partial charge in [-0.25, -0.2) is 4.98 Å². The number of rotatable bonds is 7. The molecule has 1 amide bonds. The van der Waals surface area contributed by atoms with Crippen LogP contribution in [-0.2, 0) is 11.3 Å². The molecule has 0 aliphatic carbocycles. The fraction of sp³-hybridized carbons (Fsp3) is 0.263. The van der Waals surface area contributed by atoms with Crippen LogP contribution in [0.25, 0.3) is 11.3 Å². The van der Waals surface area contributed by atoms with Gasteiger partial charge in [-0.1, -0.05) is 19.1 Å². The predicted molar refractivity (Wildman–Crippen MR) is 102 cm³/mol. The molecule has 0 aliphatic rings. The first-order valence-electron chi connectivity index (χ1n) is 8.29. The second-order valence-corrected chi connectivity index (χ2v) is 6.94. The molecule has 0 aliphatic heterocycles. The number of aryl methyl sites for hydroxylation is 1. The topological polar surface area (TPSA) is 67.2 Å². The van der Waals surface area contributed by atoms with Crippen LogP contribution in [0.15, 0.2) is 47.1 Å². The number of carbonyl (C=O) groups is 1. The van der Waals surface area contributed by atoms with E-state index in [2.05, 4.69) is 22.5 Å². The minimum absolute atomic E-state index is 0.0458. The van der Waals surface area contributed by atoms with Crippen molar-refractivity contribution in [1.29, 1.82) is 0 Å². The van der Waals surface area contributed by atoms with Crippen LogP contribution in [0.2, 0.25) is 0 Å². The number of nitrogens with zero attached hydrogens (tertiary/aromatic N) is 1. The molecule has 130 valence electrons. The third kappa shape index (κ3) is 4.48. The third-order valence-electron chi connectivity index (χ3n) is 3.71. The maximum absolute atomic E-state index is 11.7. The van der Waals surface area contributed by atoms with Crippen molar-refractivity contribution in [2.24, 2.45) is 0 Å². The summed E-state index contributed by atoms with van der Waals surface area (Å²) < 4.78 is 5.32. The molecule has 0 unspecified atom stereocenters. The molecule has 25 heavy (non-hydrogen) atoms. The number of hydrogen-bond donors (Lipinski definition) is 2. The Bertz CT molecular complexity index is 823. The molecule has 6 heteroatoms. The van der Waals surface area contributed by atoms with E-state index < -0.39 is 0 Å². The van der Waals surface area contributed by atoms with Crippen LogP contribution in [0.1, 0.15) is 30.4 Å². The van der Waals surface area contributed by atoms with Gasteiger partial charge < -0.3 is 15.1 Å². The summed E-state index contributed by atoms with van der Waals surface area (Å²) in [6.45, 7) is 4.66. The Morgan fingerprint density at radius 3 is 2.72 bits per heavy atom. The van der Waals surface area contributed by atoms with Gasteiger partial charge in [0.05, 0.1) is 18.5 Å². The lowest BCUT2D eigenvalue weighted by atomic mass is 10.1. The number of amides is 1. The summed E-state index contributed by atoms with van der Waals surface area (Å²) in [6, 6.07) is 11.6. The molecule has 3 aromatic rings. The SMILES string of the molecule is CCCC(=O)Nc1ccc(-c2nc(NCc3ccco3)sc2C)cc1. The molecule has 3 rings (SSSR count). The summed E-state index contributed by atoms with van der Waals surface area (Å²) >= 11 is 1.62. The normalized spacial score (nSPS) is 10.6. The fourth-order valence-corrected chi connectivity index (χ4v) is 3.31. The van der Waals surface area contributed by atoms with Crippen LogP contribution in [0.3, 0.4) is 0 Å². The molecule has 5 nitrogen and oxygen atoms in total. The van der Waals surface area contributed by atoms with Crippen LogP contribution < -0.4 is 10.6 Å². The first kappa shape index (κ1) is 17.2. The largest absolute Gasteiger partial charge is 0.467 e. The van der Waals surface area contributed by atoms with Gasteiger partial charge in [0.1, 0.15) is 5.76 Å². The second-order valence-electron chi connectivity index (χ2n) is 5.73. The van der Waals surface area contributed by atoms with Crippen molar-refractivity contribution in [2.75, 3.05) is 10.6 Å². The summed E-state index contributed by atoms with van der Waals surface area (Å²) in [5.74, 6) is 0.922. The smallest absolute Gasteiger partial charge is 0.224 e. The van der Waals surface area contributed by atoms with E-state index in [9.17, 15) is 4.79 Å². The monoisotopic (exact) mass is 355 g/mol. The van der Waals surface area contributed by atoms with Crippen LogP contribution in [0, 0.1) is 6.92 Å². The zero-order valence-electron chi connectivity index (χ0n) is 14.3. The molecule has 1 aromatic carbocycles. The van der Waals surface area contributed by atoms with Crippen molar-refractivity contribution in [3.05, 3.63) is 53.3 Å². The highest BCUT2D eigenvalue weighted by Crippen LogP contribution is 2.31. The summed E-state index contributed by atoms with van der Waals surface area (Å²) in [4.78, 5) is 17.5. The van der Waals surface area contributed by atoms with Crippen molar-refractivity contribution in [3.63, 3.8) is 0 Å². The Labute approximate surface area is 151 Å². The third-order valence-corrected chi connectivity index (χ3v) is 4.64. The number of benzene rings is 1. The molecular weight excluding hydrogens is 334 g/mol. The molecule has 0 atom stereocenters. The first-order valence-corrected chi connectivity index (χ1v) is 9.11. The zero-order chi connectivity index (χ0) is 17.6. The van der Waals surface area contributed by atoms with E-state index in [1.807, 2.05) is 43.3 Å². The highest BCUT2D eigenvalue weighted by molar-refractivity contribution is 7.16. The number of anilines is 2. The molecule has 0 bridgehead atoms. The van der Waals surface area contributed by atoms with Gasteiger partial charge in [-0.2, -0.15) is 0 Å². The van der Waals surface area contributed by atoms with Gasteiger partial charge in [-0.3, -0.25) is 4.79 Å². The van der Waals surface area contributed by atoms with Gasteiger partial charge in [-0.05, 0) is 37.6 Å². The average molecular weight is 355 g/mol. The van der Waals surface area contributed by atoms with Gasteiger partial charge in [0.15, 0.2) is 5.13 Å². The average Bonchev–Trinajstić information content (AvgIpc) is 3.23. The zero-order valence-corrected chi connectivity index (χ0v) is 15.2. The molecule has 2 N–H and O–H groups in total. The first-order chi connectivity index (χ1) is 12.2. The number of carbonyl (C=O) groups excluding carboxylic acids is 1. The Morgan fingerprint density at radius 2 is 2.04 bits per heavy atom. The molecular formula is C19H21N3O2S. The van der Waals surface area contributed by atoms with Crippen molar-refractivity contribution < 1.29 is 9.21 Å². The van der Waals surface area contributed by atoms with E-state index >= 15 is 0 Å². The molecule has 0 spiro atoms. The summed E-state index contributed by atoms with van der Waals surface area (Å²) in [6.07, 6.45) is 3.05. The quantitative estimate of drug-likeness (QED) is 0.621. The summed E-state index contributed by atoms with van der Waals surface area (Å²) in [5, 5.41) is 7.05. The lowest BCUT2D eigenvalue weighted by molar-refractivity contribution is -0.116. The van der Waals surface area contributed by atoms with Crippen LogP contribution in [0.5, 0.6) is 0 Å². The van der Waals surface area contributed by atoms with Gasteiger partial charge in [0.2, 0.25) is 5.91 Å². The Balaban J connectivity index is 1.68. The van der Waals surface area contributed by atoms with E-state index in [-0.39, 0.29) is 5.91 Å². The van der Waals surface area contributed by atoms with Crippen LogP contribution >= 0.6 is 11.3 Å². The lowest BCUT2D eigenvalue weighted by Crippen LogP contribution is -2.10. The highest BCUT2D eigenvalue weighted by atomic mass is 32.1. The summed E-state index contributed by atoms with van der Waals surface area (Å²) in [5.41, 5.74) is 2.80. The van der Waals surface area contributed by atoms with E-state index in [1.165, 1.54) is 0 Å². The molecule has 2 heterocycles. The number of hydrogen-bond acceptors (Lipinski definition) is 5. The second kappa shape index (κ2) is 7.98. The number of nitrogens with one attached hydrogen (secondary N) is 2. The van der Waals surface area contributed by atoms with Crippen LogP contribution in [0.4, 0.5) is 10.8 Å². The molecule has 0 fully saturated rings. The van der Waals surface area contributed by atoms with Gasteiger partial charge in [0, 0.05) is 22.5 Å². The fourth-order valence-electron chi connectivity index (χ4n) is 2.48. The molecule has 0 saturated heterocycles. The van der Waals surface area contributed by atoms with Crippen LogP contribution in [-0.4, -0.2) is 10.9 Å². The maximum atomic E-state index is 11.7. The van der Waals surface area contributed by atoms with Gasteiger partial charge >= 0.3 is 0 Å². The van der Waals surface area contributed by atoms with Gasteiger partial charge in [-0.15, -0.1) is 11.3 Å². The number of aromatic nitrogens is 1. The minimum atomic E-state index is 0.0458. The maximum Gasteiger partial charge on any atom is 0.224 e. The van der Waals surface area contributed by atoms with E-state index in [0.29, 0.717) is 13.0 Å². The lowest BCUT2D eigenvalue weighted by Gasteiger charge is -2.05. The highest BCUT2D eigenvalue weighted by Gasteiger charge is 2.10. The molecule has 0 radical (unpaired) electrons. The van der Waals surface area contributed by atoms with Crippen molar-refractivity contribution in [1.82, 2.24) is 4.98 Å². The number of thiazole rings is 1. The Hall–Kier alpha value is -2.60. The summed E-state index contributed by atoms with van der Waals surface area (Å²) in [7, 11) is 0. The number of furan rings is 1. The van der Waals surface area contributed by atoms with E-state index in [4.69, 9.17) is 4.42 Å². The Morgan fingerprint density at radius 1 is 1.24 bits per heavy atom. The Kier molecular flexibility index (Phi) is 5.50. The minimum Gasteiger partial charge on any atom is -0.467 e. The standard InChI is InChI=1S/C19H21N3O2S/c1-3-5-17(23)21-15-9-7-14(8-10-15)18-13(2)25-19(22-18)20-12-16-6-4-11-24-16/h4,6-11H,3,5,12H2,1-2H3,(H,20,22)(H,21,23). The van der Waals surface area contributed by atoms with E-state index in [1.54, 1.807) is 17.6 Å². The predicted octanol–water partition coefficient (Wildman–Crippen LogP) is 5.06.